The van der Waals surface area contributed by atoms with Gasteiger partial charge in [-0.2, -0.15) is 5.26 Å². The second-order valence-electron chi connectivity index (χ2n) is 3.21. The van der Waals surface area contributed by atoms with Crippen LogP contribution >= 0.6 is 0 Å². The van der Waals surface area contributed by atoms with Gasteiger partial charge in [0.15, 0.2) is 0 Å². The third-order valence-electron chi connectivity index (χ3n) is 1.94. The van der Waals surface area contributed by atoms with E-state index in [4.69, 9.17) is 5.26 Å². The molecule has 4 heteroatoms. The molecule has 0 aromatic heterocycles. The Bertz CT molecular complexity index is 421. The van der Waals surface area contributed by atoms with Crippen LogP contribution in [-0.2, 0) is 11.2 Å². The minimum atomic E-state index is -2.58. The van der Waals surface area contributed by atoms with Gasteiger partial charge in [0.2, 0.25) is 0 Å². The van der Waals surface area contributed by atoms with Crippen LogP contribution in [0.15, 0.2) is 18.2 Å². The van der Waals surface area contributed by atoms with E-state index in [0.717, 1.165) is 0 Å². The number of nitriles is 1. The molecule has 1 rings (SSSR count). The van der Waals surface area contributed by atoms with Crippen LogP contribution < -0.4 is 0 Å². The summed E-state index contributed by atoms with van der Waals surface area (Å²) < 4.78 is 24.7. The monoisotopic (exact) mass is 209 g/mol. The normalized spacial score (nSPS) is 10.1. The first-order valence-electron chi connectivity index (χ1n) is 4.35. The summed E-state index contributed by atoms with van der Waals surface area (Å²) in [5, 5.41) is 8.71. The van der Waals surface area contributed by atoms with Crippen LogP contribution in [0.5, 0.6) is 0 Å². The van der Waals surface area contributed by atoms with Crippen LogP contribution in [0, 0.1) is 11.3 Å². The fourth-order valence-electron chi connectivity index (χ4n) is 1.27. The number of hydrogen-bond acceptors (Lipinski definition) is 2. The maximum absolute atomic E-state index is 12.4. The summed E-state index contributed by atoms with van der Waals surface area (Å²) in [5.41, 5.74) is 0.475. The second kappa shape index (κ2) is 4.65. The summed E-state index contributed by atoms with van der Waals surface area (Å²) in [6.45, 7) is 1.36. The molecule has 0 heterocycles. The Morgan fingerprint density at radius 3 is 2.67 bits per heavy atom. The number of Topliss-reactive ketones (excluding diaryl/α,β-unsaturated/α-hetero) is 1. The largest absolute Gasteiger partial charge is 0.300 e. The summed E-state index contributed by atoms with van der Waals surface area (Å²) >= 11 is 0. The highest BCUT2D eigenvalue weighted by molar-refractivity contribution is 5.79. The highest BCUT2D eigenvalue weighted by Gasteiger charge is 2.11. The van der Waals surface area contributed by atoms with Gasteiger partial charge in [-0.25, -0.2) is 8.78 Å². The second-order valence-corrected chi connectivity index (χ2v) is 3.21. The SMILES string of the molecule is CC(=O)Cc1cc(C(F)F)ccc1C#N. The molecule has 0 saturated heterocycles. The Morgan fingerprint density at radius 2 is 2.20 bits per heavy atom. The van der Waals surface area contributed by atoms with Crippen molar-refractivity contribution in [3.05, 3.63) is 34.9 Å². The molecule has 0 bridgehead atoms. The minimum Gasteiger partial charge on any atom is -0.300 e. The number of nitrogens with zero attached hydrogens (tertiary/aromatic N) is 1. The molecule has 0 aliphatic carbocycles. The lowest BCUT2D eigenvalue weighted by atomic mass is 10.0. The number of carbonyl (C=O) groups is 1. The quantitative estimate of drug-likeness (QED) is 0.767. The zero-order valence-electron chi connectivity index (χ0n) is 8.13. The molecule has 0 unspecified atom stereocenters. The Kier molecular flexibility index (Phi) is 3.51. The molecule has 0 spiro atoms. The summed E-state index contributed by atoms with van der Waals surface area (Å²) in [5.74, 6) is -0.155. The molecule has 2 nitrogen and oxygen atoms in total. The van der Waals surface area contributed by atoms with Crippen molar-refractivity contribution < 1.29 is 13.6 Å². The van der Waals surface area contributed by atoms with Crippen LogP contribution in [0.3, 0.4) is 0 Å². The van der Waals surface area contributed by atoms with E-state index in [1.807, 2.05) is 6.07 Å². The van der Waals surface area contributed by atoms with Crippen LogP contribution in [0.25, 0.3) is 0 Å². The first kappa shape index (κ1) is 11.3. The standard InChI is InChI=1S/C11H9F2NO/c1-7(15)4-10-5-8(11(12)13)2-3-9(10)6-14/h2-3,5,11H,4H2,1H3. The van der Waals surface area contributed by atoms with E-state index in [0.29, 0.717) is 5.56 Å². The molecule has 15 heavy (non-hydrogen) atoms. The van der Waals surface area contributed by atoms with E-state index in [-0.39, 0.29) is 23.3 Å². The van der Waals surface area contributed by atoms with Gasteiger partial charge < -0.3 is 0 Å². The first-order valence-corrected chi connectivity index (χ1v) is 4.35. The van der Waals surface area contributed by atoms with Gasteiger partial charge in [0.1, 0.15) is 5.78 Å². The van der Waals surface area contributed by atoms with E-state index in [1.165, 1.54) is 25.1 Å². The van der Waals surface area contributed by atoms with Gasteiger partial charge in [0.05, 0.1) is 11.6 Å². The van der Waals surface area contributed by atoms with Crippen LogP contribution in [0.4, 0.5) is 8.78 Å². The van der Waals surface area contributed by atoms with E-state index in [1.54, 1.807) is 0 Å². The number of alkyl halides is 2. The molecule has 0 radical (unpaired) electrons. The molecule has 1 aromatic rings. The molecule has 78 valence electrons. The highest BCUT2D eigenvalue weighted by Crippen LogP contribution is 2.22. The highest BCUT2D eigenvalue weighted by atomic mass is 19.3. The molecule has 0 saturated carbocycles. The number of carbonyl (C=O) groups excluding carboxylic acids is 1. The third-order valence-corrected chi connectivity index (χ3v) is 1.94. The van der Waals surface area contributed by atoms with Crippen molar-refractivity contribution in [3.8, 4) is 6.07 Å². The topological polar surface area (TPSA) is 40.9 Å². The van der Waals surface area contributed by atoms with Crippen molar-refractivity contribution in [2.45, 2.75) is 19.8 Å². The van der Waals surface area contributed by atoms with Crippen LogP contribution in [-0.4, -0.2) is 5.78 Å². The maximum Gasteiger partial charge on any atom is 0.263 e. The molecule has 1 aromatic carbocycles. The predicted molar refractivity (Wildman–Crippen MR) is 50.5 cm³/mol. The lowest BCUT2D eigenvalue weighted by molar-refractivity contribution is -0.116. The Hall–Kier alpha value is -1.76. The molecule has 0 N–H and O–H groups in total. The zero-order chi connectivity index (χ0) is 11.4. The summed E-state index contributed by atoms with van der Waals surface area (Å²) in [4.78, 5) is 10.9. The zero-order valence-corrected chi connectivity index (χ0v) is 8.13. The van der Waals surface area contributed by atoms with Crippen molar-refractivity contribution in [3.63, 3.8) is 0 Å². The number of ketones is 1. The summed E-state index contributed by atoms with van der Waals surface area (Å²) in [6, 6.07) is 5.60. The fourth-order valence-corrected chi connectivity index (χ4v) is 1.27. The van der Waals surface area contributed by atoms with Gasteiger partial charge in [-0.3, -0.25) is 4.79 Å². The van der Waals surface area contributed by atoms with Crippen molar-refractivity contribution in [2.75, 3.05) is 0 Å². The fraction of sp³-hybridized carbons (Fsp3) is 0.273. The van der Waals surface area contributed by atoms with Crippen molar-refractivity contribution in [1.29, 1.82) is 5.26 Å². The number of halogens is 2. The molecule has 0 atom stereocenters. The van der Waals surface area contributed by atoms with E-state index in [9.17, 15) is 13.6 Å². The van der Waals surface area contributed by atoms with Gasteiger partial charge in [-0.1, -0.05) is 6.07 Å². The molecule has 0 aliphatic rings. The average molecular weight is 209 g/mol. The summed E-state index contributed by atoms with van der Waals surface area (Å²) in [6.07, 6.45) is -2.56. The molecule has 0 fully saturated rings. The van der Waals surface area contributed by atoms with Crippen molar-refractivity contribution in [1.82, 2.24) is 0 Å². The van der Waals surface area contributed by atoms with Gasteiger partial charge in [-0.15, -0.1) is 0 Å². The minimum absolute atomic E-state index is 0.0173. The average Bonchev–Trinajstić information content (AvgIpc) is 2.16. The van der Waals surface area contributed by atoms with E-state index in [2.05, 4.69) is 0 Å². The molecule has 0 aliphatic heterocycles. The predicted octanol–water partition coefficient (Wildman–Crippen LogP) is 2.63. The van der Waals surface area contributed by atoms with Gasteiger partial charge in [-0.05, 0) is 24.6 Å². The number of hydrogen-bond donors (Lipinski definition) is 0. The smallest absolute Gasteiger partial charge is 0.263 e. The van der Waals surface area contributed by atoms with Crippen LogP contribution in [0.1, 0.15) is 30.0 Å². The van der Waals surface area contributed by atoms with E-state index < -0.39 is 6.43 Å². The van der Waals surface area contributed by atoms with Crippen LogP contribution in [0.2, 0.25) is 0 Å². The Morgan fingerprint density at radius 1 is 1.53 bits per heavy atom. The lowest BCUT2D eigenvalue weighted by Gasteiger charge is -2.05. The summed E-state index contributed by atoms with van der Waals surface area (Å²) in [7, 11) is 0. The van der Waals surface area contributed by atoms with Gasteiger partial charge in [0, 0.05) is 12.0 Å². The Balaban J connectivity index is 3.14. The van der Waals surface area contributed by atoms with Gasteiger partial charge >= 0.3 is 0 Å². The number of rotatable bonds is 3. The van der Waals surface area contributed by atoms with Crippen molar-refractivity contribution >= 4 is 5.78 Å². The molecule has 0 amide bonds. The molecular formula is C11H9F2NO. The Labute approximate surface area is 86.1 Å². The third kappa shape index (κ3) is 2.84. The first-order chi connectivity index (χ1) is 7.04. The maximum atomic E-state index is 12.4. The lowest BCUT2D eigenvalue weighted by Crippen LogP contribution is -2.00. The van der Waals surface area contributed by atoms with E-state index >= 15 is 0 Å². The van der Waals surface area contributed by atoms with Gasteiger partial charge in [0.25, 0.3) is 6.43 Å². The van der Waals surface area contributed by atoms with Crippen molar-refractivity contribution in [2.24, 2.45) is 0 Å². The number of benzene rings is 1. The molecular weight excluding hydrogens is 200 g/mol.